The topological polar surface area (TPSA) is 69.6 Å². The molecule has 2 N–H and O–H groups in total. The normalized spacial score (nSPS) is 22.7. The maximum atomic E-state index is 12.2. The van der Waals surface area contributed by atoms with Crippen LogP contribution < -0.4 is 5.32 Å². The smallest absolute Gasteiger partial charge is 0.225 e. The summed E-state index contributed by atoms with van der Waals surface area (Å²) in [6.45, 7) is 1.44. The zero-order valence-corrected chi connectivity index (χ0v) is 13.3. The second-order valence-corrected chi connectivity index (χ2v) is 6.77. The monoisotopic (exact) mass is 316 g/mol. The molecule has 1 heterocycles. The summed E-state index contributed by atoms with van der Waals surface area (Å²) in [7, 11) is 0. The third-order valence-corrected chi connectivity index (χ3v) is 4.97. The molecule has 0 spiro atoms. The van der Waals surface area contributed by atoms with E-state index in [1.807, 2.05) is 30.3 Å². The molecule has 0 bridgehead atoms. The number of amides is 2. The zero-order valence-electron chi connectivity index (χ0n) is 13.3. The van der Waals surface area contributed by atoms with Gasteiger partial charge in [-0.15, -0.1) is 0 Å². The largest absolute Gasteiger partial charge is 0.388 e. The van der Waals surface area contributed by atoms with Gasteiger partial charge in [0.25, 0.3) is 0 Å². The first kappa shape index (κ1) is 16.0. The molecule has 1 aromatic carbocycles. The Balaban J connectivity index is 1.45. The Morgan fingerprint density at radius 3 is 2.70 bits per heavy atom. The second-order valence-electron chi connectivity index (χ2n) is 6.77. The van der Waals surface area contributed by atoms with Crippen LogP contribution in [0.25, 0.3) is 0 Å². The van der Waals surface area contributed by atoms with Gasteiger partial charge in [0.1, 0.15) is 0 Å². The number of hydrogen-bond donors (Lipinski definition) is 2. The first-order valence-corrected chi connectivity index (χ1v) is 8.38. The van der Waals surface area contributed by atoms with Crippen LogP contribution in [0.2, 0.25) is 0 Å². The Hall–Kier alpha value is -1.88. The summed E-state index contributed by atoms with van der Waals surface area (Å²) in [6, 6.07) is 10.0. The number of hydrogen-bond acceptors (Lipinski definition) is 3. The van der Waals surface area contributed by atoms with Crippen LogP contribution in [-0.2, 0) is 16.0 Å². The van der Waals surface area contributed by atoms with Crippen LogP contribution in [0.3, 0.4) is 0 Å². The van der Waals surface area contributed by atoms with Crippen LogP contribution >= 0.6 is 0 Å². The van der Waals surface area contributed by atoms with Crippen LogP contribution in [0.4, 0.5) is 0 Å². The molecule has 3 rings (SSSR count). The van der Waals surface area contributed by atoms with Gasteiger partial charge in [-0.05, 0) is 31.2 Å². The number of nitrogens with one attached hydrogen (secondary N) is 1. The standard InChI is InChI=1S/C18H24N2O3/c21-16-11-15(17(22)19-13-18(23)8-4-9-18)12-20(16)10-7-14-5-2-1-3-6-14/h1-3,5-6,15,23H,4,7-13H2,(H,19,22). The summed E-state index contributed by atoms with van der Waals surface area (Å²) in [5.74, 6) is -0.355. The van der Waals surface area contributed by atoms with Crippen molar-refractivity contribution in [2.45, 2.75) is 37.7 Å². The molecule has 124 valence electrons. The van der Waals surface area contributed by atoms with Crippen LogP contribution in [0.5, 0.6) is 0 Å². The van der Waals surface area contributed by atoms with Crippen LogP contribution in [0.15, 0.2) is 30.3 Å². The van der Waals surface area contributed by atoms with Gasteiger partial charge in [-0.2, -0.15) is 0 Å². The van der Waals surface area contributed by atoms with Crippen LogP contribution in [-0.4, -0.2) is 47.1 Å². The number of likely N-dealkylation sites (tertiary alicyclic amines) is 1. The average molecular weight is 316 g/mol. The fourth-order valence-electron chi connectivity index (χ4n) is 3.23. The van der Waals surface area contributed by atoms with Crippen molar-refractivity contribution in [2.75, 3.05) is 19.6 Å². The maximum absolute atomic E-state index is 12.2. The maximum Gasteiger partial charge on any atom is 0.225 e. The molecular formula is C18H24N2O3. The van der Waals surface area contributed by atoms with Gasteiger partial charge < -0.3 is 15.3 Å². The molecule has 0 radical (unpaired) electrons. The molecule has 1 saturated heterocycles. The third kappa shape index (κ3) is 3.91. The van der Waals surface area contributed by atoms with E-state index < -0.39 is 5.60 Å². The van der Waals surface area contributed by atoms with Gasteiger partial charge >= 0.3 is 0 Å². The van der Waals surface area contributed by atoms with Crippen molar-refractivity contribution in [2.24, 2.45) is 5.92 Å². The number of rotatable bonds is 6. The molecule has 2 amide bonds. The summed E-state index contributed by atoms with van der Waals surface area (Å²) >= 11 is 0. The van der Waals surface area contributed by atoms with E-state index in [9.17, 15) is 14.7 Å². The van der Waals surface area contributed by atoms with E-state index in [2.05, 4.69) is 5.32 Å². The summed E-state index contributed by atoms with van der Waals surface area (Å²) in [5, 5.41) is 12.8. The van der Waals surface area contributed by atoms with E-state index >= 15 is 0 Å². The van der Waals surface area contributed by atoms with Crippen molar-refractivity contribution < 1.29 is 14.7 Å². The van der Waals surface area contributed by atoms with E-state index in [1.54, 1.807) is 4.90 Å². The highest BCUT2D eigenvalue weighted by molar-refractivity contribution is 5.89. The van der Waals surface area contributed by atoms with E-state index in [0.29, 0.717) is 19.6 Å². The Morgan fingerprint density at radius 2 is 2.04 bits per heavy atom. The highest BCUT2D eigenvalue weighted by atomic mass is 16.3. The minimum Gasteiger partial charge on any atom is -0.388 e. The number of aliphatic hydroxyl groups is 1. The molecule has 2 aliphatic rings. The number of carbonyl (C=O) groups is 2. The highest BCUT2D eigenvalue weighted by Gasteiger charge is 2.37. The van der Waals surface area contributed by atoms with Gasteiger partial charge in [-0.25, -0.2) is 0 Å². The Labute approximate surface area is 136 Å². The molecule has 1 saturated carbocycles. The molecule has 0 aromatic heterocycles. The fraction of sp³-hybridized carbons (Fsp3) is 0.556. The van der Waals surface area contributed by atoms with Crippen molar-refractivity contribution in [3.63, 3.8) is 0 Å². The third-order valence-electron chi connectivity index (χ3n) is 4.97. The predicted octanol–water partition coefficient (Wildman–Crippen LogP) is 1.11. The van der Waals surface area contributed by atoms with Gasteiger partial charge in [-0.3, -0.25) is 9.59 Å². The zero-order chi connectivity index (χ0) is 16.3. The van der Waals surface area contributed by atoms with E-state index in [4.69, 9.17) is 0 Å². The second kappa shape index (κ2) is 6.71. The van der Waals surface area contributed by atoms with Crippen molar-refractivity contribution >= 4 is 11.8 Å². The van der Waals surface area contributed by atoms with Gasteiger partial charge in [0.05, 0.1) is 11.5 Å². The summed E-state index contributed by atoms with van der Waals surface area (Å²) in [4.78, 5) is 26.0. The van der Waals surface area contributed by atoms with Crippen molar-refractivity contribution in [1.82, 2.24) is 10.2 Å². The predicted molar refractivity (Wildman–Crippen MR) is 86.6 cm³/mol. The lowest BCUT2D eigenvalue weighted by Crippen LogP contribution is -2.49. The lowest BCUT2D eigenvalue weighted by atomic mass is 9.80. The minimum atomic E-state index is -0.717. The molecular weight excluding hydrogens is 292 g/mol. The average Bonchev–Trinajstić information content (AvgIpc) is 2.91. The first-order chi connectivity index (χ1) is 11.1. The summed E-state index contributed by atoms with van der Waals surface area (Å²) in [6.07, 6.45) is 3.60. The highest BCUT2D eigenvalue weighted by Crippen LogP contribution is 2.30. The Morgan fingerprint density at radius 1 is 1.30 bits per heavy atom. The number of benzene rings is 1. The molecule has 1 unspecified atom stereocenters. The summed E-state index contributed by atoms with van der Waals surface area (Å²) < 4.78 is 0. The minimum absolute atomic E-state index is 0.0448. The van der Waals surface area contributed by atoms with E-state index in [0.717, 1.165) is 25.7 Å². The lowest BCUT2D eigenvalue weighted by molar-refractivity contribution is -0.129. The Bertz CT molecular complexity index is 569. The van der Waals surface area contributed by atoms with Gasteiger partial charge in [0, 0.05) is 26.1 Å². The van der Waals surface area contributed by atoms with Gasteiger partial charge in [0.2, 0.25) is 11.8 Å². The molecule has 1 aliphatic heterocycles. The van der Waals surface area contributed by atoms with Gasteiger partial charge in [0.15, 0.2) is 0 Å². The molecule has 1 atom stereocenters. The SMILES string of the molecule is O=C(NCC1(O)CCC1)C1CC(=O)N(CCc2ccccc2)C1. The summed E-state index contributed by atoms with van der Waals surface area (Å²) in [5.41, 5.74) is 0.478. The number of nitrogens with zero attached hydrogens (tertiary/aromatic N) is 1. The van der Waals surface area contributed by atoms with Crippen molar-refractivity contribution in [1.29, 1.82) is 0 Å². The molecule has 1 aromatic rings. The van der Waals surface area contributed by atoms with E-state index in [-0.39, 0.29) is 24.2 Å². The molecule has 2 fully saturated rings. The lowest BCUT2D eigenvalue weighted by Gasteiger charge is -2.36. The number of carbonyl (C=O) groups excluding carboxylic acids is 2. The first-order valence-electron chi connectivity index (χ1n) is 8.38. The molecule has 5 heteroatoms. The molecule has 5 nitrogen and oxygen atoms in total. The van der Waals surface area contributed by atoms with Crippen molar-refractivity contribution in [3.8, 4) is 0 Å². The fourth-order valence-corrected chi connectivity index (χ4v) is 3.23. The molecule has 23 heavy (non-hydrogen) atoms. The van der Waals surface area contributed by atoms with Crippen molar-refractivity contribution in [3.05, 3.63) is 35.9 Å². The quantitative estimate of drug-likeness (QED) is 0.826. The Kier molecular flexibility index (Phi) is 4.66. The van der Waals surface area contributed by atoms with Gasteiger partial charge in [-0.1, -0.05) is 30.3 Å². The molecule has 1 aliphatic carbocycles. The van der Waals surface area contributed by atoms with Crippen LogP contribution in [0.1, 0.15) is 31.2 Å². The van der Waals surface area contributed by atoms with E-state index in [1.165, 1.54) is 5.56 Å². The van der Waals surface area contributed by atoms with Crippen LogP contribution in [0, 0.1) is 5.92 Å².